The predicted molar refractivity (Wildman–Crippen MR) is 92.1 cm³/mol. The molecular weight excluding hydrogens is 325 g/mol. The molecule has 3 rings (SSSR count). The zero-order valence-corrected chi connectivity index (χ0v) is 14.3. The Bertz CT molecular complexity index is 847. The standard InChI is InChI=1S/C19H20FNO4/c1-22-6-3-4-13-8-17(25-12-23-2)18(21-11-13)15-9-14-5-7-24-19(14)16(20)10-15/h5,7-11H,3-4,6,12H2,1-2H3. The van der Waals surface area contributed by atoms with Gasteiger partial charge in [-0.05, 0) is 42.7 Å². The number of aryl methyl sites for hydroxylation is 1. The molecule has 2 aromatic heterocycles. The lowest BCUT2D eigenvalue weighted by molar-refractivity contribution is 0.0512. The molecule has 2 heterocycles. The molecule has 0 saturated heterocycles. The van der Waals surface area contributed by atoms with Crippen LogP contribution in [-0.4, -0.2) is 32.6 Å². The molecule has 1 aromatic carbocycles. The maximum Gasteiger partial charge on any atom is 0.188 e. The average molecular weight is 345 g/mol. The zero-order chi connectivity index (χ0) is 17.6. The number of methoxy groups -OCH3 is 2. The Balaban J connectivity index is 1.97. The van der Waals surface area contributed by atoms with Crippen molar-refractivity contribution in [3.8, 4) is 17.0 Å². The van der Waals surface area contributed by atoms with Gasteiger partial charge in [0.15, 0.2) is 18.2 Å². The van der Waals surface area contributed by atoms with Crippen LogP contribution in [0.25, 0.3) is 22.2 Å². The first-order chi connectivity index (χ1) is 12.2. The molecular formula is C19H20FNO4. The highest BCUT2D eigenvalue weighted by Crippen LogP contribution is 2.33. The molecule has 0 fully saturated rings. The van der Waals surface area contributed by atoms with Crippen LogP contribution in [0, 0.1) is 5.82 Å². The van der Waals surface area contributed by atoms with Crippen LogP contribution in [0.2, 0.25) is 0 Å². The van der Waals surface area contributed by atoms with Crippen LogP contribution in [0.5, 0.6) is 5.75 Å². The highest BCUT2D eigenvalue weighted by atomic mass is 19.1. The molecule has 0 aliphatic rings. The molecule has 5 nitrogen and oxygen atoms in total. The van der Waals surface area contributed by atoms with Crippen molar-refractivity contribution in [2.45, 2.75) is 12.8 Å². The van der Waals surface area contributed by atoms with E-state index in [0.717, 1.165) is 18.4 Å². The number of benzene rings is 1. The van der Waals surface area contributed by atoms with Gasteiger partial charge < -0.3 is 18.6 Å². The number of ether oxygens (including phenoxy) is 3. The van der Waals surface area contributed by atoms with Crippen LogP contribution in [-0.2, 0) is 15.9 Å². The molecule has 0 bridgehead atoms. The minimum atomic E-state index is -0.429. The van der Waals surface area contributed by atoms with Gasteiger partial charge in [-0.3, -0.25) is 4.98 Å². The molecule has 0 amide bonds. The fraction of sp³-hybridized carbons (Fsp3) is 0.316. The molecule has 0 atom stereocenters. The molecule has 0 aliphatic heterocycles. The van der Waals surface area contributed by atoms with E-state index in [-0.39, 0.29) is 12.4 Å². The quantitative estimate of drug-likeness (QED) is 0.452. The van der Waals surface area contributed by atoms with E-state index in [4.69, 9.17) is 18.6 Å². The van der Waals surface area contributed by atoms with Crippen molar-refractivity contribution >= 4 is 11.0 Å². The van der Waals surface area contributed by atoms with Crippen molar-refractivity contribution in [3.63, 3.8) is 0 Å². The maximum absolute atomic E-state index is 14.2. The Morgan fingerprint density at radius 2 is 2.04 bits per heavy atom. The second-order valence-electron chi connectivity index (χ2n) is 5.63. The molecule has 25 heavy (non-hydrogen) atoms. The number of halogens is 1. The van der Waals surface area contributed by atoms with Gasteiger partial charge in [-0.1, -0.05) is 0 Å². The summed E-state index contributed by atoms with van der Waals surface area (Å²) in [6.07, 6.45) is 4.95. The topological polar surface area (TPSA) is 53.7 Å². The van der Waals surface area contributed by atoms with Crippen LogP contribution in [0.3, 0.4) is 0 Å². The van der Waals surface area contributed by atoms with Crippen LogP contribution < -0.4 is 4.74 Å². The van der Waals surface area contributed by atoms with Gasteiger partial charge in [-0.25, -0.2) is 4.39 Å². The second-order valence-corrected chi connectivity index (χ2v) is 5.63. The largest absolute Gasteiger partial charge is 0.465 e. The first-order valence-electron chi connectivity index (χ1n) is 7.99. The number of pyridine rings is 1. The lowest BCUT2D eigenvalue weighted by atomic mass is 10.1. The van der Waals surface area contributed by atoms with Crippen molar-refractivity contribution in [3.05, 3.63) is 48.1 Å². The Morgan fingerprint density at radius 3 is 2.84 bits per heavy atom. The fourth-order valence-corrected chi connectivity index (χ4v) is 2.67. The van der Waals surface area contributed by atoms with Gasteiger partial charge in [0, 0.05) is 38.0 Å². The summed E-state index contributed by atoms with van der Waals surface area (Å²) < 4.78 is 35.1. The van der Waals surface area contributed by atoms with Crippen molar-refractivity contribution in [2.75, 3.05) is 27.6 Å². The first kappa shape index (κ1) is 17.4. The minimum Gasteiger partial charge on any atom is -0.465 e. The molecule has 0 saturated carbocycles. The summed E-state index contributed by atoms with van der Waals surface area (Å²) in [5, 5.41) is 0.679. The zero-order valence-electron chi connectivity index (χ0n) is 14.3. The van der Waals surface area contributed by atoms with Crippen LogP contribution in [0.15, 0.2) is 41.1 Å². The molecule has 0 radical (unpaired) electrons. The van der Waals surface area contributed by atoms with Gasteiger partial charge in [0.2, 0.25) is 0 Å². The van der Waals surface area contributed by atoms with E-state index in [2.05, 4.69) is 4.98 Å². The van der Waals surface area contributed by atoms with Gasteiger partial charge in [0.25, 0.3) is 0 Å². The van der Waals surface area contributed by atoms with Crippen LogP contribution in [0.4, 0.5) is 4.39 Å². The fourth-order valence-electron chi connectivity index (χ4n) is 2.67. The number of rotatable bonds is 8. The summed E-state index contributed by atoms with van der Waals surface area (Å²) in [7, 11) is 3.22. The number of hydrogen-bond acceptors (Lipinski definition) is 5. The molecule has 3 aromatic rings. The third kappa shape index (κ3) is 3.97. The molecule has 132 valence electrons. The smallest absolute Gasteiger partial charge is 0.188 e. The first-order valence-corrected chi connectivity index (χ1v) is 7.99. The molecule has 0 spiro atoms. The Labute approximate surface area is 145 Å². The molecule has 6 heteroatoms. The molecule has 0 aliphatic carbocycles. The monoisotopic (exact) mass is 345 g/mol. The SMILES string of the molecule is COCCCc1cnc(-c2cc(F)c3occc3c2)c(OCOC)c1. The van der Waals surface area contributed by atoms with E-state index < -0.39 is 5.82 Å². The van der Waals surface area contributed by atoms with E-state index in [0.29, 0.717) is 29.0 Å². The van der Waals surface area contributed by atoms with Crippen molar-refractivity contribution in [1.82, 2.24) is 4.98 Å². The summed E-state index contributed by atoms with van der Waals surface area (Å²) in [5.74, 6) is 0.125. The van der Waals surface area contributed by atoms with Crippen molar-refractivity contribution in [1.29, 1.82) is 0 Å². The Hall–Kier alpha value is -2.44. The van der Waals surface area contributed by atoms with Gasteiger partial charge in [0.1, 0.15) is 11.4 Å². The lowest BCUT2D eigenvalue weighted by Crippen LogP contribution is -2.03. The van der Waals surface area contributed by atoms with Gasteiger partial charge >= 0.3 is 0 Å². The van der Waals surface area contributed by atoms with Crippen molar-refractivity contribution in [2.24, 2.45) is 0 Å². The third-order valence-electron chi connectivity index (χ3n) is 3.83. The predicted octanol–water partition coefficient (Wildman–Crippen LogP) is 4.20. The van der Waals surface area contributed by atoms with E-state index in [1.807, 2.05) is 12.1 Å². The van der Waals surface area contributed by atoms with Crippen LogP contribution in [0.1, 0.15) is 12.0 Å². The summed E-state index contributed by atoms with van der Waals surface area (Å²) in [5.41, 5.74) is 2.45. The summed E-state index contributed by atoms with van der Waals surface area (Å²) in [6.45, 7) is 0.769. The van der Waals surface area contributed by atoms with E-state index in [9.17, 15) is 4.39 Å². The lowest BCUT2D eigenvalue weighted by Gasteiger charge is -2.12. The average Bonchev–Trinajstić information content (AvgIpc) is 3.09. The molecule has 0 N–H and O–H groups in total. The Morgan fingerprint density at radius 1 is 1.16 bits per heavy atom. The highest BCUT2D eigenvalue weighted by molar-refractivity contribution is 5.84. The summed E-state index contributed by atoms with van der Waals surface area (Å²) in [4.78, 5) is 4.49. The number of furan rings is 1. The van der Waals surface area contributed by atoms with Gasteiger partial charge in [-0.2, -0.15) is 0 Å². The number of nitrogens with zero attached hydrogens (tertiary/aromatic N) is 1. The second kappa shape index (κ2) is 8.09. The minimum absolute atomic E-state index is 0.0899. The number of hydrogen-bond donors (Lipinski definition) is 0. The van der Waals surface area contributed by atoms with Gasteiger partial charge in [-0.15, -0.1) is 0 Å². The summed E-state index contributed by atoms with van der Waals surface area (Å²) in [6, 6.07) is 6.86. The van der Waals surface area contributed by atoms with E-state index in [1.54, 1.807) is 26.5 Å². The van der Waals surface area contributed by atoms with Crippen molar-refractivity contribution < 1.29 is 23.0 Å². The highest BCUT2D eigenvalue weighted by Gasteiger charge is 2.14. The number of fused-ring (bicyclic) bond motifs is 1. The Kier molecular flexibility index (Phi) is 5.63. The number of aromatic nitrogens is 1. The molecule has 0 unspecified atom stereocenters. The normalized spacial score (nSPS) is 11.2. The maximum atomic E-state index is 14.2. The summed E-state index contributed by atoms with van der Waals surface area (Å²) >= 11 is 0. The third-order valence-corrected chi connectivity index (χ3v) is 3.83. The van der Waals surface area contributed by atoms with E-state index >= 15 is 0 Å². The van der Waals surface area contributed by atoms with Gasteiger partial charge in [0.05, 0.1) is 6.26 Å². The van der Waals surface area contributed by atoms with Crippen LogP contribution >= 0.6 is 0 Å². The van der Waals surface area contributed by atoms with E-state index in [1.165, 1.54) is 12.3 Å².